The van der Waals surface area contributed by atoms with Gasteiger partial charge in [-0.05, 0) is 18.0 Å². The fraction of sp³-hybridized carbons (Fsp3) is 0.714. The maximum atomic E-state index is 8.86. The molecule has 0 aromatic carbocycles. The first kappa shape index (κ1) is 9.57. The summed E-state index contributed by atoms with van der Waals surface area (Å²) in [6.07, 6.45) is 0.925. The van der Waals surface area contributed by atoms with Gasteiger partial charge in [0.15, 0.2) is 0 Å². The second kappa shape index (κ2) is 5.18. The standard InChI is InChI=1S/C7H13N3OS/c1-2-6(4-11)8-3-7-5-12-10-9-7/h5-6,8,11H,2-4H2,1H3/t6-/m0/s1. The van der Waals surface area contributed by atoms with Crippen LogP contribution in [0.4, 0.5) is 0 Å². The normalized spacial score (nSPS) is 13.2. The lowest BCUT2D eigenvalue weighted by Gasteiger charge is -2.11. The van der Waals surface area contributed by atoms with Gasteiger partial charge in [0.1, 0.15) is 0 Å². The van der Waals surface area contributed by atoms with E-state index in [1.165, 1.54) is 11.5 Å². The zero-order chi connectivity index (χ0) is 8.81. The third-order valence-corrected chi connectivity index (χ3v) is 2.24. The molecule has 0 aliphatic heterocycles. The molecule has 0 saturated carbocycles. The van der Waals surface area contributed by atoms with Gasteiger partial charge in [-0.25, -0.2) is 0 Å². The maximum Gasteiger partial charge on any atom is 0.0893 e. The minimum atomic E-state index is 0.173. The van der Waals surface area contributed by atoms with Crippen molar-refractivity contribution >= 4 is 11.5 Å². The first-order chi connectivity index (χ1) is 5.86. The summed E-state index contributed by atoms with van der Waals surface area (Å²) in [5.41, 5.74) is 0.937. The molecule has 1 heterocycles. The van der Waals surface area contributed by atoms with Crippen LogP contribution >= 0.6 is 11.5 Å². The van der Waals surface area contributed by atoms with Gasteiger partial charge in [-0.1, -0.05) is 11.4 Å². The average molecular weight is 187 g/mol. The highest BCUT2D eigenvalue weighted by molar-refractivity contribution is 7.03. The number of aliphatic hydroxyl groups is 1. The number of nitrogens with one attached hydrogen (secondary N) is 1. The molecule has 68 valence electrons. The van der Waals surface area contributed by atoms with E-state index >= 15 is 0 Å². The Morgan fingerprint density at radius 3 is 3.08 bits per heavy atom. The smallest absolute Gasteiger partial charge is 0.0893 e. The summed E-state index contributed by atoms with van der Waals surface area (Å²) in [6.45, 7) is 2.90. The van der Waals surface area contributed by atoms with Crippen LogP contribution in [0.3, 0.4) is 0 Å². The fourth-order valence-corrected chi connectivity index (χ4v) is 1.30. The number of hydrogen-bond donors (Lipinski definition) is 2. The molecule has 1 rings (SSSR count). The molecule has 0 spiro atoms. The van der Waals surface area contributed by atoms with E-state index in [0.717, 1.165) is 12.1 Å². The van der Waals surface area contributed by atoms with E-state index in [1.54, 1.807) is 0 Å². The van der Waals surface area contributed by atoms with Gasteiger partial charge in [0.25, 0.3) is 0 Å². The Morgan fingerprint density at radius 2 is 2.58 bits per heavy atom. The van der Waals surface area contributed by atoms with E-state index in [9.17, 15) is 0 Å². The van der Waals surface area contributed by atoms with Gasteiger partial charge in [0.05, 0.1) is 12.3 Å². The highest BCUT2D eigenvalue weighted by Gasteiger charge is 2.03. The number of aromatic nitrogens is 2. The highest BCUT2D eigenvalue weighted by atomic mass is 32.1. The molecule has 0 aliphatic rings. The molecule has 12 heavy (non-hydrogen) atoms. The minimum Gasteiger partial charge on any atom is -0.395 e. The van der Waals surface area contributed by atoms with E-state index in [-0.39, 0.29) is 12.6 Å². The molecular formula is C7H13N3OS. The third kappa shape index (κ3) is 2.84. The number of rotatable bonds is 5. The Bertz CT molecular complexity index is 198. The molecule has 1 atom stereocenters. The van der Waals surface area contributed by atoms with Crippen molar-refractivity contribution in [3.05, 3.63) is 11.1 Å². The zero-order valence-corrected chi connectivity index (χ0v) is 7.84. The second-order valence-electron chi connectivity index (χ2n) is 2.56. The van der Waals surface area contributed by atoms with Crippen LogP contribution in [0.15, 0.2) is 5.38 Å². The monoisotopic (exact) mass is 187 g/mol. The SMILES string of the molecule is CC[C@@H](CO)NCc1csnn1. The van der Waals surface area contributed by atoms with Gasteiger partial charge in [0.2, 0.25) is 0 Å². The van der Waals surface area contributed by atoms with Crippen LogP contribution < -0.4 is 5.32 Å². The summed E-state index contributed by atoms with van der Waals surface area (Å²) in [6, 6.07) is 0.173. The Kier molecular flexibility index (Phi) is 4.13. The van der Waals surface area contributed by atoms with E-state index in [2.05, 4.69) is 14.9 Å². The number of hydrogen-bond acceptors (Lipinski definition) is 5. The predicted octanol–water partition coefficient (Wildman–Crippen LogP) is 0.399. The molecule has 1 aromatic rings. The lowest BCUT2D eigenvalue weighted by molar-refractivity contribution is 0.238. The predicted molar refractivity (Wildman–Crippen MR) is 47.9 cm³/mol. The van der Waals surface area contributed by atoms with Crippen molar-refractivity contribution in [2.24, 2.45) is 0 Å². The van der Waals surface area contributed by atoms with Crippen molar-refractivity contribution in [1.29, 1.82) is 0 Å². The van der Waals surface area contributed by atoms with E-state index in [4.69, 9.17) is 5.11 Å². The Labute approximate surface area is 75.8 Å². The van der Waals surface area contributed by atoms with Gasteiger partial charge >= 0.3 is 0 Å². The number of aliphatic hydroxyl groups excluding tert-OH is 1. The maximum absolute atomic E-state index is 8.86. The lowest BCUT2D eigenvalue weighted by Crippen LogP contribution is -2.31. The first-order valence-electron chi connectivity index (χ1n) is 3.97. The molecule has 0 aliphatic carbocycles. The van der Waals surface area contributed by atoms with Crippen molar-refractivity contribution in [3.8, 4) is 0 Å². The van der Waals surface area contributed by atoms with E-state index < -0.39 is 0 Å². The second-order valence-corrected chi connectivity index (χ2v) is 3.17. The molecule has 0 radical (unpaired) electrons. The van der Waals surface area contributed by atoms with Crippen molar-refractivity contribution in [2.45, 2.75) is 25.9 Å². The Morgan fingerprint density at radius 1 is 1.75 bits per heavy atom. The van der Waals surface area contributed by atoms with Crippen molar-refractivity contribution in [1.82, 2.24) is 14.9 Å². The Hall–Kier alpha value is -0.520. The van der Waals surface area contributed by atoms with Gasteiger partial charge < -0.3 is 10.4 Å². The summed E-state index contributed by atoms with van der Waals surface area (Å²) in [7, 11) is 0. The molecule has 1 aromatic heterocycles. The molecule has 5 heteroatoms. The largest absolute Gasteiger partial charge is 0.395 e. The quantitative estimate of drug-likeness (QED) is 0.700. The summed E-state index contributed by atoms with van der Waals surface area (Å²) in [5, 5.41) is 17.8. The summed E-state index contributed by atoms with van der Waals surface area (Å²) >= 11 is 1.34. The van der Waals surface area contributed by atoms with Crippen LogP contribution in [0.2, 0.25) is 0 Å². The topological polar surface area (TPSA) is 58.0 Å². The minimum absolute atomic E-state index is 0.173. The molecular weight excluding hydrogens is 174 g/mol. The van der Waals surface area contributed by atoms with E-state index in [0.29, 0.717) is 6.54 Å². The van der Waals surface area contributed by atoms with Crippen LogP contribution in [-0.2, 0) is 6.54 Å². The fourth-order valence-electron chi connectivity index (χ4n) is 0.848. The van der Waals surface area contributed by atoms with Crippen LogP contribution in [0.1, 0.15) is 19.0 Å². The first-order valence-corrected chi connectivity index (χ1v) is 4.80. The van der Waals surface area contributed by atoms with Crippen LogP contribution in [0, 0.1) is 0 Å². The highest BCUT2D eigenvalue weighted by Crippen LogP contribution is 1.97. The van der Waals surface area contributed by atoms with Gasteiger partial charge in [-0.15, -0.1) is 5.10 Å². The zero-order valence-electron chi connectivity index (χ0n) is 7.03. The number of nitrogens with zero attached hydrogens (tertiary/aromatic N) is 2. The summed E-state index contributed by atoms with van der Waals surface area (Å²) in [5.74, 6) is 0. The molecule has 2 N–H and O–H groups in total. The third-order valence-electron chi connectivity index (χ3n) is 1.69. The van der Waals surface area contributed by atoms with Gasteiger partial charge in [-0.2, -0.15) is 0 Å². The van der Waals surface area contributed by atoms with Gasteiger partial charge in [0, 0.05) is 18.0 Å². The summed E-state index contributed by atoms with van der Waals surface area (Å²) < 4.78 is 3.74. The summed E-state index contributed by atoms with van der Waals surface area (Å²) in [4.78, 5) is 0. The van der Waals surface area contributed by atoms with Crippen LogP contribution in [0.25, 0.3) is 0 Å². The molecule has 4 nitrogen and oxygen atoms in total. The van der Waals surface area contributed by atoms with Crippen LogP contribution in [0.5, 0.6) is 0 Å². The van der Waals surface area contributed by atoms with Gasteiger partial charge in [-0.3, -0.25) is 0 Å². The van der Waals surface area contributed by atoms with Crippen molar-refractivity contribution in [2.75, 3.05) is 6.61 Å². The molecule has 0 saturated heterocycles. The molecule has 0 unspecified atom stereocenters. The average Bonchev–Trinajstić information content (AvgIpc) is 2.59. The molecule has 0 amide bonds. The van der Waals surface area contributed by atoms with Crippen molar-refractivity contribution in [3.63, 3.8) is 0 Å². The van der Waals surface area contributed by atoms with Crippen molar-refractivity contribution < 1.29 is 5.11 Å². The Balaban J connectivity index is 2.25. The van der Waals surface area contributed by atoms with Crippen LogP contribution in [-0.4, -0.2) is 27.3 Å². The molecule has 0 fully saturated rings. The molecule has 0 bridgehead atoms. The lowest BCUT2D eigenvalue weighted by atomic mass is 10.2. The van der Waals surface area contributed by atoms with E-state index in [1.807, 2.05) is 12.3 Å².